The lowest BCUT2D eigenvalue weighted by Gasteiger charge is -2.36. The third-order valence-corrected chi connectivity index (χ3v) is 6.12. The van der Waals surface area contributed by atoms with Gasteiger partial charge in [0.1, 0.15) is 11.5 Å². The molecule has 1 aromatic heterocycles. The number of nitrogens with two attached hydrogens (primary N) is 1. The summed E-state index contributed by atoms with van der Waals surface area (Å²) in [5.41, 5.74) is 8.19. The summed E-state index contributed by atoms with van der Waals surface area (Å²) in [6.45, 7) is 8.45. The summed E-state index contributed by atoms with van der Waals surface area (Å²) in [5.74, 6) is -1.20. The molecule has 2 heterocycles. The molecule has 10 heteroatoms. The number of fused-ring (bicyclic) bond motifs is 1. The van der Waals surface area contributed by atoms with Crippen LogP contribution in [-0.4, -0.2) is 33.2 Å². The first-order valence-electron chi connectivity index (χ1n) is 11.6. The van der Waals surface area contributed by atoms with E-state index in [0.29, 0.717) is 34.7 Å². The van der Waals surface area contributed by atoms with Crippen LogP contribution >= 0.6 is 11.6 Å². The minimum atomic E-state index is -0.700. The fourth-order valence-electron chi connectivity index (χ4n) is 4.03. The Morgan fingerprint density at radius 1 is 1.22 bits per heavy atom. The van der Waals surface area contributed by atoms with E-state index in [1.54, 1.807) is 33.8 Å². The number of primary amides is 1. The number of hydrogen-bond acceptors (Lipinski definition) is 4. The minimum Gasteiger partial charge on any atom is -0.365 e. The van der Waals surface area contributed by atoms with E-state index in [9.17, 15) is 14.0 Å². The predicted octanol–water partition coefficient (Wildman–Crippen LogP) is 5.58. The molecule has 1 atom stereocenters. The van der Waals surface area contributed by atoms with E-state index in [4.69, 9.17) is 22.6 Å². The number of halogens is 2. The molecule has 4 rings (SSSR count). The van der Waals surface area contributed by atoms with Gasteiger partial charge in [-0.3, -0.25) is 9.48 Å². The number of amides is 3. The van der Waals surface area contributed by atoms with Gasteiger partial charge in [-0.1, -0.05) is 39.3 Å². The zero-order valence-corrected chi connectivity index (χ0v) is 21.3. The Kier molecular flexibility index (Phi) is 8.33. The first-order valence-corrected chi connectivity index (χ1v) is 12.0. The molecule has 0 fully saturated rings. The van der Waals surface area contributed by atoms with Crippen LogP contribution in [0.4, 0.5) is 14.9 Å². The molecule has 1 aliphatic rings. The number of hydrogen-bond donors (Lipinski definition) is 2. The van der Waals surface area contributed by atoms with Crippen molar-refractivity contribution in [1.29, 1.82) is 5.26 Å². The molecule has 0 saturated heterocycles. The van der Waals surface area contributed by atoms with Crippen LogP contribution in [0.1, 0.15) is 55.4 Å². The monoisotopic (exact) mass is 510 g/mol. The second kappa shape index (κ2) is 11.2. The highest BCUT2D eigenvalue weighted by molar-refractivity contribution is 6.31. The van der Waals surface area contributed by atoms with Crippen LogP contribution in [0.5, 0.6) is 0 Å². The van der Waals surface area contributed by atoms with Crippen molar-refractivity contribution in [2.45, 2.75) is 40.3 Å². The Bertz CT molecular complexity index is 1310. The van der Waals surface area contributed by atoms with Gasteiger partial charge in [0.2, 0.25) is 0 Å². The van der Waals surface area contributed by atoms with E-state index in [2.05, 4.69) is 10.4 Å². The van der Waals surface area contributed by atoms with E-state index in [1.807, 2.05) is 33.8 Å². The van der Waals surface area contributed by atoms with Crippen molar-refractivity contribution in [2.24, 2.45) is 11.7 Å². The van der Waals surface area contributed by atoms with E-state index < -0.39 is 11.7 Å². The Hall–Kier alpha value is -3.90. The van der Waals surface area contributed by atoms with Crippen LogP contribution in [0.3, 0.4) is 0 Å². The largest absolute Gasteiger partial charge is 0.365 e. The highest BCUT2D eigenvalue weighted by Crippen LogP contribution is 2.35. The average molecular weight is 511 g/mol. The minimum absolute atomic E-state index is 0.0783. The lowest BCUT2D eigenvalue weighted by atomic mass is 9.99. The number of rotatable bonds is 4. The van der Waals surface area contributed by atoms with E-state index >= 15 is 0 Å². The van der Waals surface area contributed by atoms with Crippen molar-refractivity contribution in [1.82, 2.24) is 14.7 Å². The molecular formula is C26H28ClFN6O2. The summed E-state index contributed by atoms with van der Waals surface area (Å²) in [5, 5.41) is 16.3. The van der Waals surface area contributed by atoms with Gasteiger partial charge in [0.15, 0.2) is 0 Å². The normalized spacial score (nSPS) is 14.4. The molecule has 0 spiro atoms. The average Bonchev–Trinajstić information content (AvgIpc) is 3.26. The van der Waals surface area contributed by atoms with Gasteiger partial charge in [0.05, 0.1) is 40.5 Å². The second-order valence-electron chi connectivity index (χ2n) is 8.42. The topological polar surface area (TPSA) is 117 Å². The lowest BCUT2D eigenvalue weighted by molar-refractivity contribution is 0.0995. The maximum Gasteiger partial charge on any atom is 0.322 e. The fraction of sp³-hybridized carbons (Fsp3) is 0.308. The quantitative estimate of drug-likeness (QED) is 0.476. The van der Waals surface area contributed by atoms with Crippen LogP contribution in [0, 0.1) is 23.1 Å². The third kappa shape index (κ3) is 5.34. The van der Waals surface area contributed by atoms with Crippen molar-refractivity contribution in [3.8, 4) is 17.3 Å². The van der Waals surface area contributed by atoms with Crippen molar-refractivity contribution in [3.05, 3.63) is 70.1 Å². The van der Waals surface area contributed by atoms with Gasteiger partial charge in [-0.2, -0.15) is 10.4 Å². The molecule has 0 aliphatic carbocycles. The smallest absolute Gasteiger partial charge is 0.322 e. The highest BCUT2D eigenvalue weighted by Gasteiger charge is 2.36. The van der Waals surface area contributed by atoms with Crippen LogP contribution in [-0.2, 0) is 6.54 Å². The van der Waals surface area contributed by atoms with Crippen LogP contribution in [0.15, 0.2) is 42.5 Å². The second-order valence-corrected chi connectivity index (χ2v) is 8.83. The maximum atomic E-state index is 13.7. The zero-order chi connectivity index (χ0) is 26.6. The summed E-state index contributed by atoms with van der Waals surface area (Å²) in [6.07, 6.45) is 0. The molecule has 36 heavy (non-hydrogen) atoms. The van der Waals surface area contributed by atoms with Crippen molar-refractivity contribution in [2.75, 3.05) is 11.9 Å². The Labute approximate surface area is 214 Å². The van der Waals surface area contributed by atoms with Crippen LogP contribution < -0.4 is 11.1 Å². The molecule has 3 aromatic rings. The molecule has 0 saturated carbocycles. The number of benzene rings is 2. The van der Waals surface area contributed by atoms with Crippen molar-refractivity contribution < 1.29 is 14.0 Å². The SMILES string of the molecule is CC.CC(C)C1CN(C(=O)Nc2ccc(C#N)cc2)Cc2c(C(N)=O)c(-c3ccc(F)c(Cl)c3)nn21. The van der Waals surface area contributed by atoms with E-state index in [0.717, 1.165) is 0 Å². The molecule has 1 unspecified atom stereocenters. The number of urea groups is 1. The number of aromatic nitrogens is 2. The van der Waals surface area contributed by atoms with E-state index in [-0.39, 0.29) is 35.1 Å². The van der Waals surface area contributed by atoms with Crippen LogP contribution in [0.2, 0.25) is 5.02 Å². The first-order chi connectivity index (χ1) is 17.2. The fourth-order valence-corrected chi connectivity index (χ4v) is 4.21. The van der Waals surface area contributed by atoms with Crippen molar-refractivity contribution in [3.63, 3.8) is 0 Å². The summed E-state index contributed by atoms with van der Waals surface area (Å²) in [7, 11) is 0. The number of carbonyl (C=O) groups excluding carboxylic acids is 2. The molecule has 1 aliphatic heterocycles. The van der Waals surface area contributed by atoms with Gasteiger partial charge < -0.3 is 16.0 Å². The number of anilines is 1. The lowest BCUT2D eigenvalue weighted by Crippen LogP contribution is -2.45. The predicted molar refractivity (Wildman–Crippen MR) is 137 cm³/mol. The summed E-state index contributed by atoms with van der Waals surface area (Å²) in [4.78, 5) is 27.2. The standard InChI is InChI=1S/C24H22ClFN6O2.C2H6/c1-13(2)19-11-31(24(34)29-16-6-3-14(10-27)4-7-16)12-20-21(23(28)33)22(30-32(19)20)15-5-8-18(26)17(25)9-15;1-2/h3-9,13,19H,11-12H2,1-2H3,(H2,28,33)(H,29,34);1-2H3. The van der Waals surface area contributed by atoms with Gasteiger partial charge in [0, 0.05) is 17.8 Å². The van der Waals surface area contributed by atoms with Gasteiger partial charge in [-0.25, -0.2) is 9.18 Å². The highest BCUT2D eigenvalue weighted by atomic mass is 35.5. The summed E-state index contributed by atoms with van der Waals surface area (Å²) >= 11 is 5.96. The maximum absolute atomic E-state index is 13.7. The Morgan fingerprint density at radius 2 is 1.89 bits per heavy atom. The molecule has 3 amide bonds. The van der Waals surface area contributed by atoms with Gasteiger partial charge in [-0.15, -0.1) is 0 Å². The van der Waals surface area contributed by atoms with E-state index in [1.165, 1.54) is 18.2 Å². The Morgan fingerprint density at radius 3 is 2.44 bits per heavy atom. The van der Waals surface area contributed by atoms with Crippen LogP contribution in [0.25, 0.3) is 11.3 Å². The Balaban J connectivity index is 0.00000176. The molecule has 8 nitrogen and oxygen atoms in total. The van der Waals surface area contributed by atoms with Gasteiger partial charge in [0.25, 0.3) is 5.91 Å². The number of carbonyl (C=O) groups is 2. The molecule has 2 aromatic carbocycles. The molecule has 0 bridgehead atoms. The number of nitrogens with zero attached hydrogens (tertiary/aromatic N) is 4. The molecule has 0 radical (unpaired) electrons. The number of nitrogens with one attached hydrogen (secondary N) is 1. The van der Waals surface area contributed by atoms with Crippen molar-refractivity contribution >= 4 is 29.2 Å². The molecular weight excluding hydrogens is 483 g/mol. The molecule has 3 N–H and O–H groups in total. The number of nitriles is 1. The molecule has 188 valence electrons. The summed E-state index contributed by atoms with van der Waals surface area (Å²) < 4.78 is 15.5. The summed E-state index contributed by atoms with van der Waals surface area (Å²) in [6, 6.07) is 12.1. The van der Waals surface area contributed by atoms with Gasteiger partial charge in [-0.05, 0) is 48.4 Å². The first kappa shape index (κ1) is 26.7. The zero-order valence-electron chi connectivity index (χ0n) is 20.5. The third-order valence-electron chi connectivity index (χ3n) is 5.83. The van der Waals surface area contributed by atoms with Gasteiger partial charge >= 0.3 is 6.03 Å².